The van der Waals surface area contributed by atoms with Crippen molar-refractivity contribution in [3.05, 3.63) is 35.1 Å². The molecule has 0 aromatic heterocycles. The Morgan fingerprint density at radius 3 is 2.90 bits per heavy atom. The first kappa shape index (κ1) is 14.9. The minimum absolute atomic E-state index is 0.132. The SMILES string of the molecule is NC(=S)c1cccc(CN2CCCN3CCCC3C2)c1F. The maximum Gasteiger partial charge on any atom is 0.137 e. The average molecular weight is 307 g/mol. The average Bonchev–Trinajstić information content (AvgIpc) is 2.79. The normalized spacial score (nSPS) is 23.8. The maximum atomic E-state index is 14.4. The Labute approximate surface area is 130 Å². The molecule has 114 valence electrons. The van der Waals surface area contributed by atoms with Crippen molar-refractivity contribution in [1.82, 2.24) is 9.80 Å². The lowest BCUT2D eigenvalue weighted by molar-refractivity contribution is 0.214. The fourth-order valence-corrected chi connectivity index (χ4v) is 3.72. The standard InChI is InChI=1S/C16H22FN3S/c17-15-12(4-1-6-14(15)16(18)21)10-19-7-3-9-20-8-2-5-13(20)11-19/h1,4,6,13H,2-3,5,7-11H2,(H2,18,21). The van der Waals surface area contributed by atoms with Crippen LogP contribution in [0.15, 0.2) is 18.2 Å². The van der Waals surface area contributed by atoms with E-state index < -0.39 is 0 Å². The summed E-state index contributed by atoms with van der Waals surface area (Å²) >= 11 is 4.91. The summed E-state index contributed by atoms with van der Waals surface area (Å²) in [5, 5.41) is 0. The molecule has 1 atom stereocenters. The third kappa shape index (κ3) is 3.25. The monoisotopic (exact) mass is 307 g/mol. The Morgan fingerprint density at radius 1 is 1.29 bits per heavy atom. The van der Waals surface area contributed by atoms with E-state index in [4.69, 9.17) is 18.0 Å². The van der Waals surface area contributed by atoms with Gasteiger partial charge in [0.1, 0.15) is 10.8 Å². The summed E-state index contributed by atoms with van der Waals surface area (Å²) < 4.78 is 14.4. The van der Waals surface area contributed by atoms with Crippen LogP contribution in [0.1, 0.15) is 30.4 Å². The minimum Gasteiger partial charge on any atom is -0.389 e. The Kier molecular flexibility index (Phi) is 4.52. The van der Waals surface area contributed by atoms with Crippen LogP contribution in [0.3, 0.4) is 0 Å². The van der Waals surface area contributed by atoms with Gasteiger partial charge in [-0.1, -0.05) is 24.4 Å². The molecule has 3 nitrogen and oxygen atoms in total. The number of fused-ring (bicyclic) bond motifs is 1. The number of nitrogens with two attached hydrogens (primary N) is 1. The topological polar surface area (TPSA) is 32.5 Å². The molecule has 2 saturated heterocycles. The minimum atomic E-state index is -0.252. The van der Waals surface area contributed by atoms with Crippen LogP contribution in [-0.4, -0.2) is 47.0 Å². The zero-order chi connectivity index (χ0) is 14.8. The van der Waals surface area contributed by atoms with Gasteiger partial charge in [0.2, 0.25) is 0 Å². The number of hydrogen-bond acceptors (Lipinski definition) is 3. The molecule has 2 aliphatic heterocycles. The van der Waals surface area contributed by atoms with Crippen molar-refractivity contribution in [3.63, 3.8) is 0 Å². The molecule has 0 radical (unpaired) electrons. The van der Waals surface area contributed by atoms with Gasteiger partial charge in [0, 0.05) is 30.3 Å². The summed E-state index contributed by atoms with van der Waals surface area (Å²) in [6.07, 6.45) is 3.73. The van der Waals surface area contributed by atoms with Crippen molar-refractivity contribution in [2.75, 3.05) is 26.2 Å². The van der Waals surface area contributed by atoms with Crippen molar-refractivity contribution in [2.45, 2.75) is 31.8 Å². The first-order chi connectivity index (χ1) is 10.1. The molecule has 0 bridgehead atoms. The van der Waals surface area contributed by atoms with Crippen molar-refractivity contribution >= 4 is 17.2 Å². The van der Waals surface area contributed by atoms with Gasteiger partial charge in [-0.05, 0) is 45.0 Å². The molecule has 0 amide bonds. The van der Waals surface area contributed by atoms with E-state index in [-0.39, 0.29) is 10.8 Å². The molecule has 1 aromatic carbocycles. The number of benzene rings is 1. The molecule has 0 saturated carbocycles. The molecule has 2 aliphatic rings. The summed E-state index contributed by atoms with van der Waals surface area (Å²) in [6, 6.07) is 5.98. The van der Waals surface area contributed by atoms with Crippen LogP contribution in [0, 0.1) is 5.82 Å². The highest BCUT2D eigenvalue weighted by molar-refractivity contribution is 7.80. The van der Waals surface area contributed by atoms with Gasteiger partial charge in [-0.15, -0.1) is 0 Å². The van der Waals surface area contributed by atoms with E-state index in [9.17, 15) is 4.39 Å². The highest BCUT2D eigenvalue weighted by Gasteiger charge is 2.28. The molecule has 3 rings (SSSR count). The molecule has 1 unspecified atom stereocenters. The lowest BCUT2D eigenvalue weighted by Gasteiger charge is -2.25. The molecule has 2 fully saturated rings. The molecule has 0 spiro atoms. The second-order valence-electron chi connectivity index (χ2n) is 6.06. The zero-order valence-electron chi connectivity index (χ0n) is 12.2. The number of nitrogens with zero attached hydrogens (tertiary/aromatic N) is 2. The van der Waals surface area contributed by atoms with Crippen LogP contribution < -0.4 is 5.73 Å². The molecular weight excluding hydrogens is 285 g/mol. The van der Waals surface area contributed by atoms with Gasteiger partial charge in [0.05, 0.1) is 0 Å². The highest BCUT2D eigenvalue weighted by Crippen LogP contribution is 2.23. The third-order valence-corrected chi connectivity index (χ3v) is 4.85. The van der Waals surface area contributed by atoms with Crippen LogP contribution in [-0.2, 0) is 6.54 Å². The summed E-state index contributed by atoms with van der Waals surface area (Å²) in [5.41, 5.74) is 6.64. The molecule has 1 aromatic rings. The number of rotatable bonds is 3. The van der Waals surface area contributed by atoms with E-state index >= 15 is 0 Å². The van der Waals surface area contributed by atoms with Crippen LogP contribution in [0.25, 0.3) is 0 Å². The summed E-state index contributed by atoms with van der Waals surface area (Å²) in [5.74, 6) is -0.252. The molecule has 21 heavy (non-hydrogen) atoms. The second kappa shape index (κ2) is 6.38. The molecular formula is C16H22FN3S. The lowest BCUT2D eigenvalue weighted by atomic mass is 10.1. The van der Waals surface area contributed by atoms with Gasteiger partial charge in [0.25, 0.3) is 0 Å². The number of hydrogen-bond donors (Lipinski definition) is 1. The van der Waals surface area contributed by atoms with Crippen molar-refractivity contribution in [2.24, 2.45) is 5.73 Å². The first-order valence-electron chi connectivity index (χ1n) is 7.69. The molecule has 0 aliphatic carbocycles. The van der Waals surface area contributed by atoms with E-state index in [0.717, 1.165) is 19.5 Å². The summed E-state index contributed by atoms with van der Waals surface area (Å²) in [4.78, 5) is 5.09. The predicted octanol–water partition coefficient (Wildman–Crippen LogP) is 2.13. The Hall–Kier alpha value is -1.04. The van der Waals surface area contributed by atoms with E-state index in [1.807, 2.05) is 12.1 Å². The molecule has 2 N–H and O–H groups in total. The highest BCUT2D eigenvalue weighted by atomic mass is 32.1. The van der Waals surface area contributed by atoms with Gasteiger partial charge >= 0.3 is 0 Å². The largest absolute Gasteiger partial charge is 0.389 e. The quantitative estimate of drug-likeness (QED) is 0.867. The molecule has 5 heteroatoms. The van der Waals surface area contributed by atoms with Crippen molar-refractivity contribution in [1.29, 1.82) is 0 Å². The second-order valence-corrected chi connectivity index (χ2v) is 6.50. The first-order valence-corrected chi connectivity index (χ1v) is 8.09. The van der Waals surface area contributed by atoms with E-state index in [1.54, 1.807) is 6.07 Å². The van der Waals surface area contributed by atoms with E-state index in [0.29, 0.717) is 23.7 Å². The van der Waals surface area contributed by atoms with Gasteiger partial charge in [-0.25, -0.2) is 4.39 Å². The van der Waals surface area contributed by atoms with Crippen LogP contribution in [0.4, 0.5) is 4.39 Å². The van der Waals surface area contributed by atoms with Gasteiger partial charge in [0.15, 0.2) is 0 Å². The fraction of sp³-hybridized carbons (Fsp3) is 0.562. The van der Waals surface area contributed by atoms with Crippen LogP contribution in [0.5, 0.6) is 0 Å². The van der Waals surface area contributed by atoms with Crippen molar-refractivity contribution < 1.29 is 4.39 Å². The summed E-state index contributed by atoms with van der Waals surface area (Å²) in [6.45, 7) is 5.12. The van der Waals surface area contributed by atoms with Gasteiger partial charge < -0.3 is 5.73 Å². The Bertz CT molecular complexity index is 534. The van der Waals surface area contributed by atoms with Gasteiger partial charge in [-0.2, -0.15) is 0 Å². The molecule has 2 heterocycles. The predicted molar refractivity (Wildman–Crippen MR) is 86.8 cm³/mol. The lowest BCUT2D eigenvalue weighted by Crippen LogP contribution is -2.36. The van der Waals surface area contributed by atoms with E-state index in [2.05, 4.69) is 9.80 Å². The smallest absolute Gasteiger partial charge is 0.137 e. The number of thiocarbonyl (C=S) groups is 1. The zero-order valence-corrected chi connectivity index (χ0v) is 13.0. The number of halogens is 1. The van der Waals surface area contributed by atoms with Gasteiger partial charge in [-0.3, -0.25) is 9.80 Å². The Balaban J connectivity index is 1.74. The van der Waals surface area contributed by atoms with Crippen molar-refractivity contribution in [3.8, 4) is 0 Å². The van der Waals surface area contributed by atoms with E-state index in [1.165, 1.54) is 25.9 Å². The fourth-order valence-electron chi connectivity index (χ4n) is 3.56. The maximum absolute atomic E-state index is 14.4. The van der Waals surface area contributed by atoms with Crippen LogP contribution >= 0.6 is 12.2 Å². The summed E-state index contributed by atoms with van der Waals surface area (Å²) in [7, 11) is 0. The van der Waals surface area contributed by atoms with Crippen LogP contribution in [0.2, 0.25) is 0 Å². The Morgan fingerprint density at radius 2 is 2.10 bits per heavy atom. The third-order valence-electron chi connectivity index (χ3n) is 4.63.